The average Bonchev–Trinajstić information content (AvgIpc) is 2.73. The van der Waals surface area contributed by atoms with Crippen LogP contribution >= 0.6 is 0 Å². The molecule has 3 aromatic rings. The number of nitrogens with zero attached hydrogens (tertiary/aromatic N) is 4. The Bertz CT molecular complexity index is 952. The Kier molecular flexibility index (Phi) is 4.47. The largest absolute Gasteiger partial charge is 0.379 e. The van der Waals surface area contributed by atoms with Crippen molar-refractivity contribution >= 4 is 16.7 Å². The highest BCUT2D eigenvalue weighted by Gasteiger charge is 2.21. The van der Waals surface area contributed by atoms with Gasteiger partial charge < -0.3 is 9.64 Å². The molecule has 3 heterocycles. The van der Waals surface area contributed by atoms with Crippen molar-refractivity contribution in [3.8, 4) is 0 Å². The summed E-state index contributed by atoms with van der Waals surface area (Å²) in [6.07, 6.45) is 1.06. The van der Waals surface area contributed by atoms with Crippen LogP contribution in [0.15, 0.2) is 48.5 Å². The minimum atomic E-state index is 0.783. The quantitative estimate of drug-likeness (QED) is 0.718. The molecule has 2 aliphatic heterocycles. The van der Waals surface area contributed by atoms with E-state index in [0.29, 0.717) is 0 Å². The van der Waals surface area contributed by atoms with Crippen molar-refractivity contribution in [3.05, 3.63) is 65.5 Å². The van der Waals surface area contributed by atoms with E-state index in [2.05, 4.69) is 58.3 Å². The van der Waals surface area contributed by atoms with Crippen LogP contribution in [0.4, 0.5) is 5.82 Å². The Morgan fingerprint density at radius 3 is 2.52 bits per heavy atom. The second kappa shape index (κ2) is 7.25. The number of hydrogen-bond donors (Lipinski definition) is 0. The molecule has 0 radical (unpaired) electrons. The van der Waals surface area contributed by atoms with Gasteiger partial charge in [0.2, 0.25) is 0 Å². The Balaban J connectivity index is 1.50. The highest BCUT2D eigenvalue weighted by atomic mass is 16.5. The monoisotopic (exact) mass is 360 g/mol. The zero-order valence-electron chi connectivity index (χ0n) is 15.5. The number of para-hydroxylation sites is 1. The van der Waals surface area contributed by atoms with Gasteiger partial charge in [-0.2, -0.15) is 0 Å². The molecule has 5 rings (SSSR count). The maximum absolute atomic E-state index is 5.47. The smallest absolute Gasteiger partial charge is 0.145 e. The van der Waals surface area contributed by atoms with Crippen LogP contribution in [0.5, 0.6) is 0 Å². The van der Waals surface area contributed by atoms with E-state index in [1.165, 1.54) is 11.1 Å². The lowest BCUT2D eigenvalue weighted by Crippen LogP contribution is -2.36. The molecule has 0 saturated carbocycles. The summed E-state index contributed by atoms with van der Waals surface area (Å²) >= 11 is 0. The topological polar surface area (TPSA) is 41.5 Å². The molecule has 0 spiro atoms. The lowest BCUT2D eigenvalue weighted by Gasteiger charge is -2.31. The third kappa shape index (κ3) is 3.40. The van der Waals surface area contributed by atoms with Crippen molar-refractivity contribution in [2.24, 2.45) is 0 Å². The van der Waals surface area contributed by atoms with E-state index in [9.17, 15) is 0 Å². The van der Waals surface area contributed by atoms with Crippen LogP contribution in [0.25, 0.3) is 10.9 Å². The fraction of sp³-hybridized carbons (Fsp3) is 0.364. The summed E-state index contributed by atoms with van der Waals surface area (Å²) in [5.41, 5.74) is 3.89. The van der Waals surface area contributed by atoms with Gasteiger partial charge in [0.15, 0.2) is 0 Å². The summed E-state index contributed by atoms with van der Waals surface area (Å²) in [5.74, 6) is 1.97. The second-order valence-corrected chi connectivity index (χ2v) is 7.31. The van der Waals surface area contributed by atoms with Crippen LogP contribution in [0.2, 0.25) is 0 Å². The molecule has 27 heavy (non-hydrogen) atoms. The number of benzene rings is 2. The number of anilines is 1. The summed E-state index contributed by atoms with van der Waals surface area (Å²) in [4.78, 5) is 14.7. The van der Waals surface area contributed by atoms with Crippen LogP contribution in [0.3, 0.4) is 0 Å². The van der Waals surface area contributed by atoms with Gasteiger partial charge in [0.05, 0.1) is 25.3 Å². The predicted octanol–water partition coefficient (Wildman–Crippen LogP) is 3.02. The predicted molar refractivity (Wildman–Crippen MR) is 107 cm³/mol. The number of morpholine rings is 1. The molecule has 0 aliphatic carbocycles. The minimum absolute atomic E-state index is 0.783. The van der Waals surface area contributed by atoms with Gasteiger partial charge in [-0.1, -0.05) is 36.4 Å². The van der Waals surface area contributed by atoms with Gasteiger partial charge in [-0.05, 0) is 29.7 Å². The molecule has 1 aromatic heterocycles. The van der Waals surface area contributed by atoms with Gasteiger partial charge in [0.25, 0.3) is 0 Å². The number of hydrogen-bond acceptors (Lipinski definition) is 5. The van der Waals surface area contributed by atoms with Crippen molar-refractivity contribution in [1.29, 1.82) is 0 Å². The van der Waals surface area contributed by atoms with Crippen molar-refractivity contribution in [1.82, 2.24) is 14.9 Å². The molecule has 138 valence electrons. The van der Waals surface area contributed by atoms with Crippen LogP contribution in [-0.4, -0.2) is 47.7 Å². The van der Waals surface area contributed by atoms with Crippen molar-refractivity contribution in [2.45, 2.75) is 19.5 Å². The molecule has 5 heteroatoms. The zero-order chi connectivity index (χ0) is 18.1. The van der Waals surface area contributed by atoms with Gasteiger partial charge in [-0.15, -0.1) is 0 Å². The number of rotatable bonds is 3. The molecule has 5 nitrogen and oxygen atoms in total. The van der Waals surface area contributed by atoms with Crippen LogP contribution in [-0.2, 0) is 24.2 Å². The third-order valence-electron chi connectivity index (χ3n) is 5.53. The van der Waals surface area contributed by atoms with E-state index in [-0.39, 0.29) is 0 Å². The maximum Gasteiger partial charge on any atom is 0.145 e. The Morgan fingerprint density at radius 1 is 0.852 bits per heavy atom. The fourth-order valence-corrected chi connectivity index (χ4v) is 4.05. The van der Waals surface area contributed by atoms with E-state index in [0.717, 1.165) is 74.9 Å². The number of aromatic nitrogens is 2. The SMILES string of the molecule is c1ccc2c(c1)CCN(c1nc(CN3CCOCC3)nc3ccccc13)C2. The summed E-state index contributed by atoms with van der Waals surface area (Å²) in [5, 5.41) is 1.14. The van der Waals surface area contributed by atoms with E-state index in [4.69, 9.17) is 14.7 Å². The van der Waals surface area contributed by atoms with Gasteiger partial charge in [-0.25, -0.2) is 9.97 Å². The fourth-order valence-electron chi connectivity index (χ4n) is 4.05. The molecule has 0 amide bonds. The van der Waals surface area contributed by atoms with Crippen LogP contribution in [0.1, 0.15) is 17.0 Å². The van der Waals surface area contributed by atoms with E-state index >= 15 is 0 Å². The Hall–Kier alpha value is -2.50. The third-order valence-corrected chi connectivity index (χ3v) is 5.53. The number of ether oxygens (including phenoxy) is 1. The first kappa shape index (κ1) is 16.7. The van der Waals surface area contributed by atoms with Crippen molar-refractivity contribution in [2.75, 3.05) is 37.7 Å². The van der Waals surface area contributed by atoms with Crippen LogP contribution in [0, 0.1) is 0 Å². The molecule has 0 unspecified atom stereocenters. The standard InChI is InChI=1S/C22H24N4O/c1-2-6-18-15-26(10-9-17(18)5-1)22-19-7-3-4-8-20(19)23-21(24-22)16-25-11-13-27-14-12-25/h1-8H,9-16H2. The molecule has 0 bridgehead atoms. The first-order valence-electron chi connectivity index (χ1n) is 9.74. The van der Waals surface area contributed by atoms with Crippen molar-refractivity contribution in [3.63, 3.8) is 0 Å². The summed E-state index contributed by atoms with van der Waals surface area (Å²) in [7, 11) is 0. The van der Waals surface area contributed by atoms with Gasteiger partial charge in [-0.3, -0.25) is 4.90 Å². The molecule has 2 aliphatic rings. The molecule has 1 saturated heterocycles. The van der Waals surface area contributed by atoms with Gasteiger partial charge >= 0.3 is 0 Å². The normalized spacial score (nSPS) is 17.9. The molecule has 0 atom stereocenters. The second-order valence-electron chi connectivity index (χ2n) is 7.31. The molecular weight excluding hydrogens is 336 g/mol. The summed E-state index contributed by atoms with van der Waals surface area (Å²) < 4.78 is 5.47. The lowest BCUT2D eigenvalue weighted by atomic mass is 9.99. The average molecular weight is 360 g/mol. The number of fused-ring (bicyclic) bond motifs is 2. The van der Waals surface area contributed by atoms with E-state index in [1.54, 1.807) is 0 Å². The molecule has 2 aromatic carbocycles. The first-order chi connectivity index (χ1) is 13.4. The highest BCUT2D eigenvalue weighted by Crippen LogP contribution is 2.29. The van der Waals surface area contributed by atoms with E-state index in [1.807, 2.05) is 0 Å². The van der Waals surface area contributed by atoms with Gasteiger partial charge in [0, 0.05) is 31.6 Å². The highest BCUT2D eigenvalue weighted by molar-refractivity contribution is 5.89. The van der Waals surface area contributed by atoms with E-state index < -0.39 is 0 Å². The summed E-state index contributed by atoms with van der Waals surface area (Å²) in [6, 6.07) is 17.1. The molecule has 1 fully saturated rings. The lowest BCUT2D eigenvalue weighted by molar-refractivity contribution is 0.0331. The Labute approximate surface area is 159 Å². The first-order valence-corrected chi connectivity index (χ1v) is 9.74. The zero-order valence-corrected chi connectivity index (χ0v) is 15.5. The maximum atomic E-state index is 5.47. The summed E-state index contributed by atoms with van der Waals surface area (Å²) in [6.45, 7) is 6.17. The van der Waals surface area contributed by atoms with Crippen LogP contribution < -0.4 is 4.90 Å². The minimum Gasteiger partial charge on any atom is -0.379 e. The molecule has 0 N–H and O–H groups in total. The van der Waals surface area contributed by atoms with Gasteiger partial charge in [0.1, 0.15) is 11.6 Å². The Morgan fingerprint density at radius 2 is 1.63 bits per heavy atom. The molecular formula is C22H24N4O. The van der Waals surface area contributed by atoms with Crippen molar-refractivity contribution < 1.29 is 4.74 Å².